The Bertz CT molecular complexity index is 498. The van der Waals surface area contributed by atoms with Gasteiger partial charge in [-0.25, -0.2) is 4.39 Å². The lowest BCUT2D eigenvalue weighted by atomic mass is 10.0. The Balaban J connectivity index is 1.99. The molecule has 1 aromatic carbocycles. The van der Waals surface area contributed by atoms with E-state index in [-0.39, 0.29) is 11.9 Å². The third-order valence-electron chi connectivity index (χ3n) is 2.71. The van der Waals surface area contributed by atoms with Gasteiger partial charge in [-0.3, -0.25) is 11.3 Å². The molecule has 1 atom stereocenters. The van der Waals surface area contributed by atoms with Crippen molar-refractivity contribution in [2.45, 2.75) is 18.9 Å². The molecule has 5 heteroatoms. The first-order valence-corrected chi connectivity index (χ1v) is 6.81. The molecule has 0 saturated heterocycles. The fourth-order valence-corrected chi connectivity index (χ4v) is 2.97. The van der Waals surface area contributed by atoms with Crippen molar-refractivity contribution in [3.05, 3.63) is 57.0 Å². The Kier molecular flexibility index (Phi) is 4.72. The van der Waals surface area contributed by atoms with Gasteiger partial charge in [-0.1, -0.05) is 23.7 Å². The van der Waals surface area contributed by atoms with Crippen LogP contribution in [-0.4, -0.2) is 6.04 Å². The summed E-state index contributed by atoms with van der Waals surface area (Å²) in [5.74, 6) is 5.33. The molecular formula is C13H14ClFN2S. The first-order valence-electron chi connectivity index (χ1n) is 5.62. The number of hydrogen-bond donors (Lipinski definition) is 2. The fraction of sp³-hybridized carbons (Fsp3) is 0.231. The molecule has 1 heterocycles. The Labute approximate surface area is 115 Å². The molecule has 0 aliphatic rings. The maximum absolute atomic E-state index is 12.8. The van der Waals surface area contributed by atoms with E-state index in [1.54, 1.807) is 23.5 Å². The monoisotopic (exact) mass is 284 g/mol. The van der Waals surface area contributed by atoms with Gasteiger partial charge in [-0.05, 0) is 42.7 Å². The summed E-state index contributed by atoms with van der Waals surface area (Å²) >= 11 is 7.44. The first kappa shape index (κ1) is 13.5. The average Bonchev–Trinajstić information content (AvgIpc) is 2.77. The molecule has 2 rings (SSSR count). The summed E-state index contributed by atoms with van der Waals surface area (Å²) in [6.45, 7) is 0. The minimum atomic E-state index is -0.221. The molecule has 0 spiro atoms. The molecule has 0 aliphatic heterocycles. The van der Waals surface area contributed by atoms with Crippen LogP contribution in [0, 0.1) is 5.82 Å². The third-order valence-corrected chi connectivity index (χ3v) is 3.96. The summed E-state index contributed by atoms with van der Waals surface area (Å²) in [5, 5.41) is 0. The van der Waals surface area contributed by atoms with Gasteiger partial charge in [0.1, 0.15) is 5.82 Å². The molecule has 0 amide bonds. The maximum atomic E-state index is 12.8. The molecule has 0 saturated carbocycles. The highest BCUT2D eigenvalue weighted by Gasteiger charge is 2.10. The molecule has 18 heavy (non-hydrogen) atoms. The third kappa shape index (κ3) is 3.78. The Morgan fingerprint density at radius 1 is 1.17 bits per heavy atom. The van der Waals surface area contributed by atoms with Crippen molar-refractivity contribution in [1.82, 2.24) is 5.43 Å². The van der Waals surface area contributed by atoms with Crippen LogP contribution in [0.3, 0.4) is 0 Å². The number of hydrazine groups is 1. The van der Waals surface area contributed by atoms with E-state index in [0.717, 1.165) is 22.7 Å². The quantitative estimate of drug-likeness (QED) is 0.654. The van der Waals surface area contributed by atoms with Gasteiger partial charge < -0.3 is 0 Å². The van der Waals surface area contributed by atoms with Crippen molar-refractivity contribution in [3.8, 4) is 0 Å². The van der Waals surface area contributed by atoms with Crippen LogP contribution >= 0.6 is 22.9 Å². The van der Waals surface area contributed by atoms with Crippen LogP contribution in [0.4, 0.5) is 4.39 Å². The van der Waals surface area contributed by atoms with E-state index < -0.39 is 0 Å². The van der Waals surface area contributed by atoms with Gasteiger partial charge in [0.2, 0.25) is 0 Å². The molecule has 1 aromatic heterocycles. The van der Waals surface area contributed by atoms with Crippen LogP contribution < -0.4 is 11.3 Å². The lowest BCUT2D eigenvalue weighted by molar-refractivity contribution is 0.525. The van der Waals surface area contributed by atoms with Crippen LogP contribution in [0.1, 0.15) is 10.4 Å². The summed E-state index contributed by atoms with van der Waals surface area (Å²) in [7, 11) is 0. The number of benzene rings is 1. The second-order valence-electron chi connectivity index (χ2n) is 4.10. The molecule has 0 bridgehead atoms. The summed E-state index contributed by atoms with van der Waals surface area (Å²) < 4.78 is 13.6. The average molecular weight is 285 g/mol. The van der Waals surface area contributed by atoms with Crippen LogP contribution in [-0.2, 0) is 12.8 Å². The lowest BCUT2D eigenvalue weighted by Crippen LogP contribution is -2.38. The highest BCUT2D eigenvalue weighted by molar-refractivity contribution is 7.16. The molecule has 0 fully saturated rings. The van der Waals surface area contributed by atoms with E-state index in [4.69, 9.17) is 17.4 Å². The lowest BCUT2D eigenvalue weighted by Gasteiger charge is -2.14. The molecule has 1 unspecified atom stereocenters. The van der Waals surface area contributed by atoms with E-state index in [0.29, 0.717) is 0 Å². The van der Waals surface area contributed by atoms with Gasteiger partial charge in [-0.2, -0.15) is 0 Å². The fourth-order valence-electron chi connectivity index (χ4n) is 1.80. The number of nitrogens with two attached hydrogens (primary N) is 1. The molecule has 96 valence electrons. The van der Waals surface area contributed by atoms with Crippen molar-refractivity contribution in [1.29, 1.82) is 0 Å². The van der Waals surface area contributed by atoms with Crippen molar-refractivity contribution < 1.29 is 4.39 Å². The van der Waals surface area contributed by atoms with E-state index >= 15 is 0 Å². The van der Waals surface area contributed by atoms with E-state index in [1.165, 1.54) is 17.0 Å². The summed E-state index contributed by atoms with van der Waals surface area (Å²) in [5.41, 5.74) is 3.85. The zero-order valence-corrected chi connectivity index (χ0v) is 11.3. The summed E-state index contributed by atoms with van der Waals surface area (Å²) in [4.78, 5) is 1.19. The molecule has 2 nitrogen and oxygen atoms in total. The predicted octanol–water partition coefficient (Wildman–Crippen LogP) is 3.16. The Hall–Kier alpha value is -0.940. The van der Waals surface area contributed by atoms with Gasteiger partial charge >= 0.3 is 0 Å². The zero-order chi connectivity index (χ0) is 13.0. The second kappa shape index (κ2) is 6.29. The largest absolute Gasteiger partial charge is 0.271 e. The van der Waals surface area contributed by atoms with Crippen LogP contribution in [0.15, 0.2) is 36.4 Å². The maximum Gasteiger partial charge on any atom is 0.123 e. The standard InChI is InChI=1S/C13H14ClFN2S/c14-13-6-5-12(18-13)8-11(17-16)7-9-1-3-10(15)4-2-9/h1-6,11,17H,7-8,16H2. The van der Waals surface area contributed by atoms with Crippen LogP contribution in [0.2, 0.25) is 4.34 Å². The number of rotatable bonds is 5. The molecule has 3 N–H and O–H groups in total. The van der Waals surface area contributed by atoms with E-state index in [1.807, 2.05) is 12.1 Å². The normalized spacial score (nSPS) is 12.6. The zero-order valence-electron chi connectivity index (χ0n) is 9.70. The van der Waals surface area contributed by atoms with E-state index in [9.17, 15) is 4.39 Å². The summed E-state index contributed by atoms with van der Waals surface area (Å²) in [6.07, 6.45) is 1.57. The topological polar surface area (TPSA) is 38.0 Å². The Morgan fingerprint density at radius 2 is 1.89 bits per heavy atom. The van der Waals surface area contributed by atoms with Gasteiger partial charge in [0.15, 0.2) is 0 Å². The van der Waals surface area contributed by atoms with Gasteiger partial charge in [0, 0.05) is 10.9 Å². The summed E-state index contributed by atoms with van der Waals surface area (Å²) in [6, 6.07) is 10.5. The van der Waals surface area contributed by atoms with Crippen molar-refractivity contribution in [2.24, 2.45) is 5.84 Å². The number of hydrogen-bond acceptors (Lipinski definition) is 3. The number of nitrogens with one attached hydrogen (secondary N) is 1. The number of halogens is 2. The minimum absolute atomic E-state index is 0.116. The van der Waals surface area contributed by atoms with Crippen molar-refractivity contribution >= 4 is 22.9 Å². The van der Waals surface area contributed by atoms with Gasteiger partial charge in [0.05, 0.1) is 4.34 Å². The number of thiophene rings is 1. The molecular weight excluding hydrogens is 271 g/mol. The van der Waals surface area contributed by atoms with E-state index in [2.05, 4.69) is 5.43 Å². The van der Waals surface area contributed by atoms with Crippen molar-refractivity contribution in [3.63, 3.8) is 0 Å². The molecule has 0 radical (unpaired) electrons. The molecule has 2 aromatic rings. The second-order valence-corrected chi connectivity index (χ2v) is 5.90. The SMILES string of the molecule is NNC(Cc1ccc(F)cc1)Cc1ccc(Cl)s1. The highest BCUT2D eigenvalue weighted by Crippen LogP contribution is 2.23. The molecule has 0 aliphatic carbocycles. The smallest absolute Gasteiger partial charge is 0.123 e. The predicted molar refractivity (Wildman–Crippen MR) is 74.2 cm³/mol. The highest BCUT2D eigenvalue weighted by atomic mass is 35.5. The van der Waals surface area contributed by atoms with Gasteiger partial charge in [0.25, 0.3) is 0 Å². The van der Waals surface area contributed by atoms with Crippen LogP contribution in [0.25, 0.3) is 0 Å². The van der Waals surface area contributed by atoms with Crippen molar-refractivity contribution in [2.75, 3.05) is 0 Å². The minimum Gasteiger partial charge on any atom is -0.271 e. The van der Waals surface area contributed by atoms with Gasteiger partial charge in [-0.15, -0.1) is 11.3 Å². The first-order chi connectivity index (χ1) is 8.67. The Morgan fingerprint density at radius 3 is 2.44 bits per heavy atom. The van der Waals surface area contributed by atoms with Crippen LogP contribution in [0.5, 0.6) is 0 Å².